The number of aromatic nitrogens is 2. The summed E-state index contributed by atoms with van der Waals surface area (Å²) in [7, 11) is 0. The Morgan fingerprint density at radius 1 is 1.03 bits per heavy atom. The van der Waals surface area contributed by atoms with Gasteiger partial charge in [-0.3, -0.25) is 9.59 Å². The van der Waals surface area contributed by atoms with Gasteiger partial charge in [-0.2, -0.15) is 5.10 Å². The van der Waals surface area contributed by atoms with Crippen LogP contribution in [-0.2, 0) is 9.59 Å². The molecule has 0 unspecified atom stereocenters. The van der Waals surface area contributed by atoms with Gasteiger partial charge in [-0.1, -0.05) is 24.6 Å². The van der Waals surface area contributed by atoms with E-state index in [4.69, 9.17) is 5.10 Å². The Kier molecular flexibility index (Phi) is 8.21. The number of carbonyl (C=O) groups is 2. The van der Waals surface area contributed by atoms with Crippen LogP contribution in [0.2, 0.25) is 0 Å². The highest BCUT2D eigenvalue weighted by Crippen LogP contribution is 2.34. The Bertz CT molecular complexity index is 959. The topological polar surface area (TPSA) is 82.5 Å². The zero-order valence-electron chi connectivity index (χ0n) is 20.6. The zero-order chi connectivity index (χ0) is 23.9. The molecule has 0 radical (unpaired) electrons. The predicted molar refractivity (Wildman–Crippen MR) is 135 cm³/mol. The largest absolute Gasteiger partial charge is 0.356 e. The van der Waals surface area contributed by atoms with Crippen molar-refractivity contribution in [3.63, 3.8) is 0 Å². The number of carbonyl (C=O) groups excluding carboxylic acids is 2. The number of benzene rings is 1. The monoisotopic (exact) mass is 466 g/mol. The molecule has 2 N–H and O–H groups in total. The molecule has 8 heteroatoms. The van der Waals surface area contributed by atoms with E-state index in [-0.39, 0.29) is 17.7 Å². The first-order valence-electron chi connectivity index (χ1n) is 12.7. The molecular formula is C26H38N6O2. The molecule has 1 aromatic heterocycles. The quantitative estimate of drug-likeness (QED) is 0.583. The minimum Gasteiger partial charge on any atom is -0.356 e. The molecule has 4 rings (SSSR count). The van der Waals surface area contributed by atoms with Crippen molar-refractivity contribution in [2.45, 2.75) is 52.4 Å². The van der Waals surface area contributed by atoms with Gasteiger partial charge >= 0.3 is 0 Å². The second kappa shape index (κ2) is 11.5. The molecule has 1 aromatic carbocycles. The molecule has 2 aromatic rings. The average Bonchev–Trinajstić information content (AvgIpc) is 3.18. The zero-order valence-corrected chi connectivity index (χ0v) is 20.6. The van der Waals surface area contributed by atoms with Gasteiger partial charge in [0.1, 0.15) is 5.69 Å². The summed E-state index contributed by atoms with van der Waals surface area (Å²) in [4.78, 5) is 29.4. The normalized spacial score (nSPS) is 17.5. The lowest BCUT2D eigenvalue weighted by molar-refractivity contribution is -0.125. The number of hydrogen-bond donors (Lipinski definition) is 2. The average molecular weight is 467 g/mol. The number of rotatable bonds is 8. The maximum Gasteiger partial charge on any atom is 0.223 e. The number of piperidine rings is 2. The first-order chi connectivity index (χ1) is 16.5. The highest BCUT2D eigenvalue weighted by molar-refractivity contribution is 5.93. The van der Waals surface area contributed by atoms with E-state index in [1.54, 1.807) is 0 Å². The van der Waals surface area contributed by atoms with Crippen molar-refractivity contribution >= 4 is 23.3 Å². The Morgan fingerprint density at radius 3 is 2.41 bits per heavy atom. The number of hydrogen-bond acceptors (Lipinski definition) is 5. The smallest absolute Gasteiger partial charge is 0.223 e. The molecule has 0 aliphatic carbocycles. The molecule has 0 spiro atoms. The van der Waals surface area contributed by atoms with E-state index >= 15 is 0 Å². The minimum absolute atomic E-state index is 0.0321. The van der Waals surface area contributed by atoms with Gasteiger partial charge in [0, 0.05) is 32.5 Å². The SMILES string of the molecule is CC(=O)Nc1c(C)nn(-c2ccccc2)c1N1CCC(C(=O)NCCCN2CCCCC2)CC1. The third-order valence-corrected chi connectivity index (χ3v) is 6.90. The number of likely N-dealkylation sites (tertiary alicyclic amines) is 1. The maximum atomic E-state index is 12.8. The second-order valence-electron chi connectivity index (χ2n) is 9.52. The first kappa shape index (κ1) is 24.3. The van der Waals surface area contributed by atoms with Crippen LogP contribution in [0.3, 0.4) is 0 Å². The van der Waals surface area contributed by atoms with Crippen molar-refractivity contribution in [1.29, 1.82) is 0 Å². The third-order valence-electron chi connectivity index (χ3n) is 6.90. The molecular weight excluding hydrogens is 428 g/mol. The van der Waals surface area contributed by atoms with Crippen molar-refractivity contribution in [2.75, 3.05) is 49.5 Å². The number of nitrogens with one attached hydrogen (secondary N) is 2. The fourth-order valence-corrected chi connectivity index (χ4v) is 5.07. The molecule has 2 amide bonds. The van der Waals surface area contributed by atoms with Crippen LogP contribution in [0, 0.1) is 12.8 Å². The van der Waals surface area contributed by atoms with Crippen LogP contribution in [0.1, 0.15) is 51.1 Å². The molecule has 34 heavy (non-hydrogen) atoms. The molecule has 8 nitrogen and oxygen atoms in total. The van der Waals surface area contributed by atoms with E-state index in [1.165, 1.54) is 39.3 Å². The molecule has 0 saturated carbocycles. The molecule has 0 atom stereocenters. The van der Waals surface area contributed by atoms with E-state index in [0.29, 0.717) is 0 Å². The van der Waals surface area contributed by atoms with Gasteiger partial charge in [0.25, 0.3) is 0 Å². The van der Waals surface area contributed by atoms with Gasteiger partial charge in [0.2, 0.25) is 11.8 Å². The van der Waals surface area contributed by atoms with Crippen molar-refractivity contribution in [3.8, 4) is 5.69 Å². The molecule has 184 valence electrons. The number of aryl methyl sites for hydroxylation is 1. The maximum absolute atomic E-state index is 12.8. The Hall–Kier alpha value is -2.87. The summed E-state index contributed by atoms with van der Waals surface area (Å²) in [5, 5.41) is 10.9. The van der Waals surface area contributed by atoms with Gasteiger partial charge in [-0.15, -0.1) is 0 Å². The number of amides is 2. The van der Waals surface area contributed by atoms with E-state index in [0.717, 1.165) is 68.3 Å². The molecule has 2 fully saturated rings. The standard InChI is InChI=1S/C26H38N6O2/c1-20-24(28-21(2)33)26(32(29-20)23-10-5-3-6-11-23)31-18-12-22(13-19-31)25(34)27-14-9-17-30-15-7-4-8-16-30/h3,5-6,10-11,22H,4,7-9,12-19H2,1-2H3,(H,27,34)(H,28,33). The van der Waals surface area contributed by atoms with Gasteiger partial charge in [0.15, 0.2) is 5.82 Å². The highest BCUT2D eigenvalue weighted by atomic mass is 16.2. The Labute approximate surface area is 202 Å². The molecule has 2 aliphatic rings. The lowest BCUT2D eigenvalue weighted by Gasteiger charge is -2.33. The van der Waals surface area contributed by atoms with Crippen LogP contribution in [0.25, 0.3) is 5.69 Å². The third kappa shape index (κ3) is 5.97. The predicted octanol–water partition coefficient (Wildman–Crippen LogP) is 3.35. The minimum atomic E-state index is -0.115. The fourth-order valence-electron chi connectivity index (χ4n) is 5.07. The summed E-state index contributed by atoms with van der Waals surface area (Å²) in [6, 6.07) is 9.96. The van der Waals surface area contributed by atoms with Crippen molar-refractivity contribution in [3.05, 3.63) is 36.0 Å². The summed E-state index contributed by atoms with van der Waals surface area (Å²) >= 11 is 0. The van der Waals surface area contributed by atoms with Crippen molar-refractivity contribution in [1.82, 2.24) is 20.0 Å². The van der Waals surface area contributed by atoms with Gasteiger partial charge in [-0.05, 0) is 70.8 Å². The molecule has 3 heterocycles. The molecule has 2 saturated heterocycles. The number of nitrogens with zero attached hydrogens (tertiary/aromatic N) is 4. The van der Waals surface area contributed by atoms with Gasteiger partial charge < -0.3 is 20.4 Å². The summed E-state index contributed by atoms with van der Waals surface area (Å²) in [6.45, 7) is 9.16. The van der Waals surface area contributed by atoms with Crippen molar-refractivity contribution in [2.24, 2.45) is 5.92 Å². The van der Waals surface area contributed by atoms with Crippen LogP contribution in [-0.4, -0.2) is 65.8 Å². The summed E-state index contributed by atoms with van der Waals surface area (Å²) in [6.07, 6.45) is 6.55. The van der Waals surface area contributed by atoms with E-state index in [2.05, 4.69) is 20.4 Å². The molecule has 2 aliphatic heterocycles. The lowest BCUT2D eigenvalue weighted by atomic mass is 9.95. The van der Waals surface area contributed by atoms with Crippen LogP contribution < -0.4 is 15.5 Å². The fraction of sp³-hybridized carbons (Fsp3) is 0.577. The molecule has 0 bridgehead atoms. The highest BCUT2D eigenvalue weighted by Gasteiger charge is 2.29. The van der Waals surface area contributed by atoms with Gasteiger partial charge in [-0.25, -0.2) is 4.68 Å². The first-order valence-corrected chi connectivity index (χ1v) is 12.7. The van der Waals surface area contributed by atoms with Crippen LogP contribution in [0.15, 0.2) is 30.3 Å². The number of para-hydroxylation sites is 1. The summed E-state index contributed by atoms with van der Waals surface area (Å²) in [5.41, 5.74) is 2.48. The van der Waals surface area contributed by atoms with Gasteiger partial charge in [0.05, 0.1) is 11.4 Å². The van der Waals surface area contributed by atoms with Crippen LogP contribution >= 0.6 is 0 Å². The van der Waals surface area contributed by atoms with E-state index < -0.39 is 0 Å². The Morgan fingerprint density at radius 2 is 1.74 bits per heavy atom. The second-order valence-corrected chi connectivity index (χ2v) is 9.52. The lowest BCUT2D eigenvalue weighted by Crippen LogP contribution is -2.42. The van der Waals surface area contributed by atoms with Crippen molar-refractivity contribution < 1.29 is 9.59 Å². The van der Waals surface area contributed by atoms with Crippen LogP contribution in [0.4, 0.5) is 11.5 Å². The summed E-state index contributed by atoms with van der Waals surface area (Å²) in [5.74, 6) is 0.979. The Balaban J connectivity index is 1.35. The van der Waals surface area contributed by atoms with E-state index in [9.17, 15) is 9.59 Å². The summed E-state index contributed by atoms with van der Waals surface area (Å²) < 4.78 is 1.90. The van der Waals surface area contributed by atoms with Crippen LogP contribution in [0.5, 0.6) is 0 Å². The van der Waals surface area contributed by atoms with E-state index in [1.807, 2.05) is 41.9 Å². The number of anilines is 2.